The number of methoxy groups -OCH3 is 1. The summed E-state index contributed by atoms with van der Waals surface area (Å²) in [6.45, 7) is 0. The molecule has 1 heterocycles. The van der Waals surface area contributed by atoms with E-state index in [0.29, 0.717) is 5.13 Å². The van der Waals surface area contributed by atoms with Crippen LogP contribution in [0.25, 0.3) is 10.2 Å². The van der Waals surface area contributed by atoms with Crippen LogP contribution in [-0.4, -0.2) is 30.1 Å². The molecule has 2 aromatic carbocycles. The molecule has 28 heavy (non-hydrogen) atoms. The molecule has 146 valence electrons. The molecular formula is C20H19F2N3O2S. The number of rotatable bonds is 5. The minimum Gasteiger partial charge on any atom is -0.493 e. The number of fused-ring (bicyclic) bond motifs is 1. The monoisotopic (exact) mass is 403 g/mol. The maximum absolute atomic E-state index is 13.9. The summed E-state index contributed by atoms with van der Waals surface area (Å²) in [7, 11) is 1.34. The maximum atomic E-state index is 13.9. The van der Waals surface area contributed by atoms with Crippen molar-refractivity contribution in [2.24, 2.45) is 0 Å². The van der Waals surface area contributed by atoms with E-state index >= 15 is 0 Å². The van der Waals surface area contributed by atoms with Crippen molar-refractivity contribution >= 4 is 32.6 Å². The van der Waals surface area contributed by atoms with E-state index in [1.54, 1.807) is 6.07 Å². The zero-order valence-electron chi connectivity index (χ0n) is 15.2. The molecule has 1 aliphatic carbocycles. The van der Waals surface area contributed by atoms with Gasteiger partial charge >= 0.3 is 0 Å². The minimum absolute atomic E-state index is 0.00564. The van der Waals surface area contributed by atoms with Crippen molar-refractivity contribution in [3.8, 4) is 5.75 Å². The van der Waals surface area contributed by atoms with Gasteiger partial charge in [-0.3, -0.25) is 4.79 Å². The van der Waals surface area contributed by atoms with E-state index in [9.17, 15) is 13.6 Å². The molecule has 0 unspecified atom stereocenters. The summed E-state index contributed by atoms with van der Waals surface area (Å²) in [5, 5.41) is 7.03. The first-order valence-electron chi connectivity index (χ1n) is 9.01. The first kappa shape index (κ1) is 18.6. The number of para-hydroxylation sites is 1. The van der Waals surface area contributed by atoms with Crippen molar-refractivity contribution in [1.82, 2.24) is 10.3 Å². The summed E-state index contributed by atoms with van der Waals surface area (Å²) in [4.78, 5) is 17.2. The molecule has 5 nitrogen and oxygen atoms in total. The Hall–Kier alpha value is -2.74. The standard InChI is InChI=1S/C20H19F2N3O2S/c1-27-18-12(4-2-5-13(18)22)19(26)23-14-6-3-7-15(14)24-20-25-16-9-8-11(21)10-17(16)28-20/h2,4-5,8-10,14-15H,3,6-7H2,1H3,(H,23,26)(H,24,25)/t14-,15+/m0/s1. The number of ether oxygens (including phenoxy) is 1. The first-order valence-corrected chi connectivity index (χ1v) is 9.83. The lowest BCUT2D eigenvalue weighted by Crippen LogP contribution is -2.43. The van der Waals surface area contributed by atoms with Gasteiger partial charge in [0.25, 0.3) is 5.91 Å². The fourth-order valence-electron chi connectivity index (χ4n) is 3.57. The van der Waals surface area contributed by atoms with E-state index in [-0.39, 0.29) is 35.1 Å². The van der Waals surface area contributed by atoms with Crippen LogP contribution < -0.4 is 15.4 Å². The number of nitrogens with zero attached hydrogens (tertiary/aromatic N) is 1. The van der Waals surface area contributed by atoms with E-state index in [4.69, 9.17) is 4.74 Å². The lowest BCUT2D eigenvalue weighted by atomic mass is 10.1. The van der Waals surface area contributed by atoms with Crippen LogP contribution in [0.5, 0.6) is 5.75 Å². The van der Waals surface area contributed by atoms with Gasteiger partial charge in [-0.1, -0.05) is 17.4 Å². The average Bonchev–Trinajstić information content (AvgIpc) is 3.27. The zero-order valence-corrected chi connectivity index (χ0v) is 16.0. The third kappa shape index (κ3) is 3.64. The van der Waals surface area contributed by atoms with Crippen LogP contribution in [-0.2, 0) is 0 Å². The molecule has 0 saturated heterocycles. The van der Waals surface area contributed by atoms with Crippen LogP contribution in [0.2, 0.25) is 0 Å². The molecule has 1 saturated carbocycles. The Morgan fingerprint density at radius 1 is 1.21 bits per heavy atom. The minimum atomic E-state index is -0.571. The quantitative estimate of drug-likeness (QED) is 0.665. The number of hydrogen-bond acceptors (Lipinski definition) is 5. The molecule has 1 amide bonds. The topological polar surface area (TPSA) is 63.2 Å². The Morgan fingerprint density at radius 2 is 2.04 bits per heavy atom. The molecule has 0 bridgehead atoms. The van der Waals surface area contributed by atoms with Crippen molar-refractivity contribution in [3.63, 3.8) is 0 Å². The Bertz CT molecular complexity index is 1020. The fraction of sp³-hybridized carbons (Fsp3) is 0.300. The molecule has 3 aromatic rings. The summed E-state index contributed by atoms with van der Waals surface area (Å²) in [6, 6.07) is 8.65. The van der Waals surface area contributed by atoms with Gasteiger partial charge in [0.2, 0.25) is 0 Å². The molecule has 0 spiro atoms. The van der Waals surface area contributed by atoms with E-state index in [1.807, 2.05) is 0 Å². The Balaban J connectivity index is 1.49. The molecule has 1 fully saturated rings. The van der Waals surface area contributed by atoms with Crippen LogP contribution in [0.4, 0.5) is 13.9 Å². The second kappa shape index (κ2) is 7.71. The van der Waals surface area contributed by atoms with Gasteiger partial charge in [-0.05, 0) is 49.6 Å². The number of thiazole rings is 1. The Kier molecular flexibility index (Phi) is 5.13. The number of anilines is 1. The number of hydrogen-bond donors (Lipinski definition) is 2. The number of benzene rings is 2. The highest BCUT2D eigenvalue weighted by molar-refractivity contribution is 7.22. The number of nitrogens with one attached hydrogen (secondary N) is 2. The Morgan fingerprint density at radius 3 is 2.86 bits per heavy atom. The average molecular weight is 403 g/mol. The van der Waals surface area contributed by atoms with Gasteiger partial charge < -0.3 is 15.4 Å². The smallest absolute Gasteiger partial charge is 0.255 e. The van der Waals surface area contributed by atoms with Crippen LogP contribution in [0, 0.1) is 11.6 Å². The highest BCUT2D eigenvalue weighted by atomic mass is 32.1. The predicted octanol–water partition coefficient (Wildman–Crippen LogP) is 4.35. The zero-order chi connectivity index (χ0) is 19.7. The van der Waals surface area contributed by atoms with E-state index in [0.717, 1.165) is 29.5 Å². The number of halogens is 2. The second-order valence-electron chi connectivity index (χ2n) is 6.71. The summed E-state index contributed by atoms with van der Waals surface area (Å²) in [5.41, 5.74) is 0.903. The molecular weight excluding hydrogens is 384 g/mol. The van der Waals surface area contributed by atoms with Gasteiger partial charge in [-0.15, -0.1) is 0 Å². The highest BCUT2D eigenvalue weighted by Gasteiger charge is 2.30. The summed E-state index contributed by atoms with van der Waals surface area (Å²) >= 11 is 1.38. The third-order valence-corrected chi connectivity index (χ3v) is 5.86. The maximum Gasteiger partial charge on any atom is 0.255 e. The first-order chi connectivity index (χ1) is 13.5. The predicted molar refractivity (Wildman–Crippen MR) is 105 cm³/mol. The van der Waals surface area contributed by atoms with Gasteiger partial charge in [0, 0.05) is 12.1 Å². The molecule has 2 atom stereocenters. The molecule has 4 rings (SSSR count). The number of carbonyl (C=O) groups is 1. The van der Waals surface area contributed by atoms with Crippen molar-refractivity contribution in [2.45, 2.75) is 31.3 Å². The third-order valence-electron chi connectivity index (χ3n) is 4.91. The largest absolute Gasteiger partial charge is 0.493 e. The fourth-order valence-corrected chi connectivity index (χ4v) is 4.52. The van der Waals surface area contributed by atoms with Crippen LogP contribution in [0.3, 0.4) is 0 Å². The van der Waals surface area contributed by atoms with Gasteiger partial charge in [-0.2, -0.15) is 0 Å². The van der Waals surface area contributed by atoms with Crippen LogP contribution in [0.15, 0.2) is 36.4 Å². The number of aromatic nitrogens is 1. The van der Waals surface area contributed by atoms with Crippen LogP contribution >= 0.6 is 11.3 Å². The SMILES string of the molecule is COc1c(F)cccc1C(=O)N[C@H]1CCC[C@H]1Nc1nc2ccc(F)cc2s1. The van der Waals surface area contributed by atoms with E-state index in [2.05, 4.69) is 15.6 Å². The Labute approximate surface area is 164 Å². The van der Waals surface area contributed by atoms with Crippen molar-refractivity contribution in [1.29, 1.82) is 0 Å². The van der Waals surface area contributed by atoms with Gasteiger partial charge in [0.1, 0.15) is 5.82 Å². The summed E-state index contributed by atoms with van der Waals surface area (Å²) < 4.78 is 33.1. The lowest BCUT2D eigenvalue weighted by molar-refractivity contribution is 0.0932. The van der Waals surface area contributed by atoms with Crippen molar-refractivity contribution in [3.05, 3.63) is 53.6 Å². The number of carbonyl (C=O) groups excluding carboxylic acids is 1. The lowest BCUT2D eigenvalue weighted by Gasteiger charge is -2.22. The molecule has 2 N–H and O–H groups in total. The van der Waals surface area contributed by atoms with Gasteiger partial charge in [-0.25, -0.2) is 13.8 Å². The second-order valence-corrected chi connectivity index (χ2v) is 7.74. The summed E-state index contributed by atoms with van der Waals surface area (Å²) in [6.07, 6.45) is 2.62. The molecule has 1 aromatic heterocycles. The van der Waals surface area contributed by atoms with Crippen LogP contribution in [0.1, 0.15) is 29.6 Å². The van der Waals surface area contributed by atoms with Crippen molar-refractivity contribution in [2.75, 3.05) is 12.4 Å². The molecule has 8 heteroatoms. The highest BCUT2D eigenvalue weighted by Crippen LogP contribution is 2.30. The van der Waals surface area contributed by atoms with Crippen molar-refractivity contribution < 1.29 is 18.3 Å². The summed E-state index contributed by atoms with van der Waals surface area (Å²) in [5.74, 6) is -1.30. The van der Waals surface area contributed by atoms with Gasteiger partial charge in [0.05, 0.1) is 22.9 Å². The molecule has 0 radical (unpaired) electrons. The normalized spacial score (nSPS) is 19.0. The van der Waals surface area contributed by atoms with E-state index < -0.39 is 5.82 Å². The molecule has 1 aliphatic rings. The molecule has 0 aliphatic heterocycles. The van der Waals surface area contributed by atoms with Gasteiger partial charge in [0.15, 0.2) is 16.7 Å². The van der Waals surface area contributed by atoms with E-state index in [1.165, 1.54) is 48.8 Å². The number of amides is 1.